The minimum atomic E-state index is -4.20. The zero-order valence-corrected chi connectivity index (χ0v) is 95.7. The number of amides is 4. The number of urea groups is 2. The smallest absolute Gasteiger partial charge is 0.399 e. The monoisotopic (exact) mass is 2670 g/mol. The molecule has 2 aromatic carbocycles. The predicted octanol–water partition coefficient (Wildman–Crippen LogP) is 16.1. The minimum absolute atomic E-state index is 0. The number of alkyl halides is 3. The number of aryl methyl sites for hydroxylation is 2. The summed E-state index contributed by atoms with van der Waals surface area (Å²) in [5.41, 5.74) is 9.01. The van der Waals surface area contributed by atoms with Crippen molar-refractivity contribution in [2.75, 3.05) is 254 Å². The number of morpholine rings is 6. The number of aliphatic hydroxyl groups excluding tert-OH is 3. The van der Waals surface area contributed by atoms with Crippen molar-refractivity contribution in [1.29, 1.82) is 0 Å². The van der Waals surface area contributed by atoms with Gasteiger partial charge in [-0.1, -0.05) is 31.0 Å². The molecular weight excluding hydrogens is 2540 g/mol. The van der Waals surface area contributed by atoms with Crippen molar-refractivity contribution in [3.05, 3.63) is 161 Å². The van der Waals surface area contributed by atoms with Crippen LogP contribution in [0.2, 0.25) is 0 Å². The second kappa shape index (κ2) is 60.2. The highest BCUT2D eigenvalue weighted by atomic mass is 127. The fraction of sp³-hybridized carbons (Fsp3) is 0.546. The van der Waals surface area contributed by atoms with Crippen molar-refractivity contribution in [1.82, 2.24) is 39.7 Å². The van der Waals surface area contributed by atoms with Crippen molar-refractivity contribution >= 4 is 209 Å². The number of hydrogen-bond donors (Lipinski definition) is 8. The van der Waals surface area contributed by atoms with E-state index in [1.54, 1.807) is 130 Å². The van der Waals surface area contributed by atoms with Crippen LogP contribution in [0.5, 0.6) is 0 Å². The molecule has 9 saturated heterocycles. The van der Waals surface area contributed by atoms with Gasteiger partial charge in [-0.3, -0.25) is 0 Å². The van der Waals surface area contributed by atoms with Crippen LogP contribution in [0.3, 0.4) is 0 Å². The molecule has 5 atom stereocenters. The number of halogens is 17. The Balaban J connectivity index is 0.000000195. The fourth-order valence-corrected chi connectivity index (χ4v) is 18.3. The Morgan fingerprint density at radius 1 is 0.446 bits per heavy atom. The molecule has 6 aromatic heterocycles. The molecule has 9 fully saturated rings. The summed E-state index contributed by atoms with van der Waals surface area (Å²) in [5, 5.41) is 38.2. The number of ether oxygens (including phenoxy) is 6. The lowest BCUT2D eigenvalue weighted by Crippen LogP contribution is -2.41. The van der Waals surface area contributed by atoms with Gasteiger partial charge < -0.3 is 119 Å². The number of hydrogen-bond acceptors (Lipinski definition) is 28. The van der Waals surface area contributed by atoms with Crippen molar-refractivity contribution < 1.29 is 115 Å². The van der Waals surface area contributed by atoms with E-state index >= 15 is 4.39 Å². The summed E-state index contributed by atoms with van der Waals surface area (Å²) in [6.45, 7) is 36.4. The number of aliphatic hydroxyl groups is 3. The van der Waals surface area contributed by atoms with Crippen LogP contribution in [0.4, 0.5) is 120 Å². The maximum absolute atomic E-state index is 15.8. The van der Waals surface area contributed by atoms with Gasteiger partial charge in [0, 0.05) is 162 Å². The van der Waals surface area contributed by atoms with Gasteiger partial charge in [0.25, 0.3) is 11.9 Å². The molecule has 51 heteroatoms. The topological polar surface area (TPSA) is 346 Å². The summed E-state index contributed by atoms with van der Waals surface area (Å²) in [6.07, 6.45) is -2.60. The Morgan fingerprint density at radius 3 is 1.20 bits per heavy atom. The molecule has 0 aliphatic carbocycles. The van der Waals surface area contributed by atoms with Crippen LogP contribution in [0, 0.1) is 96.4 Å². The standard InChI is InChI=1S/C26H36FN5O3.C20H28BF3N2O3.C12H17FIN3O2.3C9H9F2IN2O.C9H10FIN2O.C3H9NO.H2S/c1-4-19-7-8-32(15-19)26(34)29-20-6-5-17(2)21(13-20)22-14-23(31-9-11-35-12-10-31)30-25(24(22)27)28-18(3)16-33;1-13-6-7-15(10-16(13)21-28-18(2,3)19(4,5)29-21)25-17(27)26-9-8-14(12-26)11-20(22,23)24;1-8(7-18)15-12-11(13)9(14)6-10(16-12)17-2-4-19-5-3-17;2*10-8-6(12)5-7(13-9(8)11)14-1-3-15-4-2-14;10-7-5-6(12)8(11)9(13-7)14-1-3-15-4-2-14;10-8-5-7(11)6-9(12-8)13-1-3-14-4-2-13;1-3(4)2-5;/h5-6,13-14,18-19,33H,4,7-12,15-16H2,1-3H3,(H,28,30)(H,29,34);6-7,10,14H,8-9,11-12H2,1-5H3,(H,25,27);6,8,18H,2-5,7H2,1H3,(H,15,16);3*5H,1-4H2;5-6H,1-4H2;3,5H,2,4H2,1H3;1H2/t18-,19-;14-;8-;;;;;3-;/m101....1./s1. The molecule has 0 saturated carbocycles. The fourth-order valence-electron chi connectivity index (χ4n) is 15.7. The zero-order chi connectivity index (χ0) is 107. The van der Waals surface area contributed by atoms with Crippen molar-refractivity contribution in [3.8, 4) is 11.1 Å². The first-order valence-electron chi connectivity index (χ1n) is 48.1. The molecule has 0 unspecified atom stereocenters. The molecule has 818 valence electrons. The molecule has 9 N–H and O–H groups in total. The van der Waals surface area contributed by atoms with Crippen molar-refractivity contribution in [2.24, 2.45) is 17.6 Å². The van der Waals surface area contributed by atoms with Gasteiger partial charge in [-0.15, -0.1) is 0 Å². The highest BCUT2D eigenvalue weighted by Crippen LogP contribution is 2.40. The van der Waals surface area contributed by atoms with Gasteiger partial charge in [-0.2, -0.15) is 59.2 Å². The zero-order valence-electron chi connectivity index (χ0n) is 83.9. The number of nitrogens with zero attached hydrogens (tertiary/aromatic N) is 14. The Labute approximate surface area is 930 Å². The largest absolute Gasteiger partial charge is 0.495 e. The number of carbonyl (C=O) groups excluding carboxylic acids is 2. The van der Waals surface area contributed by atoms with Gasteiger partial charge in [0.15, 0.2) is 46.5 Å². The van der Waals surface area contributed by atoms with E-state index in [0.717, 1.165) is 84.2 Å². The number of likely N-dealkylation sites (tertiary alicyclic amines) is 2. The van der Waals surface area contributed by atoms with Crippen LogP contribution in [0.1, 0.15) is 92.2 Å². The number of rotatable bonds is 19. The third kappa shape index (κ3) is 37.7. The van der Waals surface area contributed by atoms with E-state index in [4.69, 9.17) is 53.7 Å². The van der Waals surface area contributed by atoms with Gasteiger partial charge >= 0.3 is 25.4 Å². The summed E-state index contributed by atoms with van der Waals surface area (Å²) in [6, 6.07) is 20.8. The molecule has 0 spiro atoms. The number of aromatic nitrogens is 6. The molecule has 8 aromatic rings. The maximum Gasteiger partial charge on any atom is 0.495 e. The molecule has 0 bridgehead atoms. The summed E-state index contributed by atoms with van der Waals surface area (Å²) in [7, 11) is -0.556. The second-order valence-electron chi connectivity index (χ2n) is 36.7. The van der Waals surface area contributed by atoms with E-state index in [0.29, 0.717) is 200 Å². The number of nitrogens with two attached hydrogens (primary N) is 1. The van der Waals surface area contributed by atoms with E-state index in [2.05, 4.69) is 90.5 Å². The lowest BCUT2D eigenvalue weighted by Gasteiger charge is -2.32. The molecule has 17 rings (SSSR count). The normalized spacial score (nSPS) is 18.6. The van der Waals surface area contributed by atoms with Gasteiger partial charge in [-0.05, 0) is 271 Å². The van der Waals surface area contributed by atoms with E-state index in [9.17, 15) is 63.0 Å². The first kappa shape index (κ1) is 125. The molecule has 32 nitrogen and oxygen atoms in total. The molecule has 0 radical (unpaired) electrons. The average molecular weight is 2670 g/mol. The molecule has 9 aliphatic heterocycles. The highest BCUT2D eigenvalue weighted by molar-refractivity contribution is 14.1. The second-order valence-corrected chi connectivity index (χ2v) is 42.6. The number of benzene rings is 2. The first-order valence-corrected chi connectivity index (χ1v) is 53.5. The third-order valence-corrected chi connectivity index (χ3v) is 28.6. The predicted molar refractivity (Wildman–Crippen MR) is 594 cm³/mol. The van der Waals surface area contributed by atoms with Crippen molar-refractivity contribution in [3.63, 3.8) is 0 Å². The number of anilines is 10. The van der Waals surface area contributed by atoms with E-state index in [1.807, 2.05) is 114 Å². The number of carbonyl (C=O) groups is 2. The van der Waals surface area contributed by atoms with Crippen LogP contribution in [-0.2, 0) is 37.7 Å². The van der Waals surface area contributed by atoms with E-state index in [-0.39, 0.29) is 98.0 Å². The van der Waals surface area contributed by atoms with Gasteiger partial charge in [-0.25, -0.2) is 46.5 Å². The van der Waals surface area contributed by atoms with E-state index in [1.165, 1.54) is 11.0 Å². The molecule has 148 heavy (non-hydrogen) atoms. The maximum atomic E-state index is 15.8. The molecular formula is C97H129BF12I5N19O13S. The Hall–Kier alpha value is -6.98. The minimum Gasteiger partial charge on any atom is -0.399 e. The van der Waals surface area contributed by atoms with Crippen LogP contribution in [0.15, 0.2) is 78.9 Å². The summed E-state index contributed by atoms with van der Waals surface area (Å²) >= 11 is 9.32. The van der Waals surface area contributed by atoms with Gasteiger partial charge in [0.05, 0.1) is 125 Å². The lowest BCUT2D eigenvalue weighted by molar-refractivity contribution is -0.143. The first-order chi connectivity index (χ1) is 69.8. The number of pyridine rings is 6. The van der Waals surface area contributed by atoms with Gasteiger partial charge in [0.1, 0.15) is 29.1 Å². The summed E-state index contributed by atoms with van der Waals surface area (Å²) in [5.74, 6) is -2.81. The van der Waals surface area contributed by atoms with Crippen LogP contribution in [-0.4, -0.2) is 314 Å². The van der Waals surface area contributed by atoms with Crippen LogP contribution in [0.25, 0.3) is 11.1 Å². The molecule has 9 aliphatic rings. The summed E-state index contributed by atoms with van der Waals surface area (Å²) < 4.78 is 205. The Kier molecular flexibility index (Phi) is 50.6. The molecule has 4 amide bonds. The van der Waals surface area contributed by atoms with Crippen molar-refractivity contribution in [2.45, 2.75) is 130 Å². The lowest BCUT2D eigenvalue weighted by atomic mass is 9.76. The Morgan fingerprint density at radius 2 is 0.804 bits per heavy atom. The van der Waals surface area contributed by atoms with Crippen LogP contribution < -0.4 is 61.9 Å². The van der Waals surface area contributed by atoms with Gasteiger partial charge in [0.2, 0.25) is 11.9 Å². The van der Waals surface area contributed by atoms with Crippen LogP contribution >= 0.6 is 126 Å². The highest BCUT2D eigenvalue weighted by Gasteiger charge is 2.52. The third-order valence-electron chi connectivity index (χ3n) is 24.8. The molecule has 15 heterocycles. The SMILES string of the molecule is CC[C@@H]1CCN(C(=O)Nc2ccc(C)c(-c3cc(N4CCOCC4)nc(N[C@H](C)CO)c3F)c2)C1.C[C@@H](N)CO.C[C@H](CO)Nc1nc(N2CCOCC2)cc(I)c1F.Cc1ccc(NC(=O)N2CC[C@@H](CC(F)(F)F)C2)cc1B1OC(C)(C)C(C)(C)O1.Fc1cc(I)c(F)c(N2CCOCC2)n1.Fc1cc(I)cc(N2CCOCC2)n1.Fc1nc(N2CCOCC2)cc(I)c1F.Fc1nc(N2CCOCC2)cc(I)c1F.S. The quantitative estimate of drug-likeness (QED) is 0.0161. The average Bonchev–Trinajstić information content (AvgIpc) is 1.59. The Bertz CT molecular complexity index is 5430. The number of nitrogens with one attached hydrogen (secondary N) is 4. The van der Waals surface area contributed by atoms with E-state index < -0.39 is 89.9 Å². The summed E-state index contributed by atoms with van der Waals surface area (Å²) in [4.78, 5) is 63.7.